The van der Waals surface area contributed by atoms with E-state index in [1.807, 2.05) is 14.1 Å². The summed E-state index contributed by atoms with van der Waals surface area (Å²) in [6, 6.07) is 8.36. The fourth-order valence-electron chi connectivity index (χ4n) is 2.48. The third-order valence-electron chi connectivity index (χ3n) is 3.95. The molecule has 128 valence electrons. The molecule has 0 aromatic heterocycles. The number of aliphatic imine (C=N–C) groups is 1. The predicted molar refractivity (Wildman–Crippen MR) is 96.0 cm³/mol. The number of anilines is 1. The van der Waals surface area contributed by atoms with Crippen LogP contribution in [0.15, 0.2) is 29.3 Å². The van der Waals surface area contributed by atoms with Crippen molar-refractivity contribution in [2.75, 3.05) is 58.4 Å². The van der Waals surface area contributed by atoms with Crippen LogP contribution in [0.2, 0.25) is 0 Å². The monoisotopic (exact) mass is 319 g/mol. The molecule has 1 heterocycles. The van der Waals surface area contributed by atoms with Crippen molar-refractivity contribution >= 4 is 11.6 Å². The van der Waals surface area contributed by atoms with Gasteiger partial charge < -0.3 is 20.7 Å². The van der Waals surface area contributed by atoms with Crippen LogP contribution in [-0.4, -0.2) is 64.3 Å². The zero-order chi connectivity index (χ0) is 16.5. The summed E-state index contributed by atoms with van der Waals surface area (Å²) in [7, 11) is 4.07. The van der Waals surface area contributed by atoms with Crippen molar-refractivity contribution in [3.63, 3.8) is 0 Å². The molecule has 0 bridgehead atoms. The summed E-state index contributed by atoms with van der Waals surface area (Å²) in [6.45, 7) is 6.31. The van der Waals surface area contributed by atoms with E-state index < -0.39 is 0 Å². The first-order valence-corrected chi connectivity index (χ1v) is 8.25. The van der Waals surface area contributed by atoms with Gasteiger partial charge in [-0.15, -0.1) is 0 Å². The molecule has 1 aliphatic rings. The Morgan fingerprint density at radius 2 is 1.96 bits per heavy atom. The van der Waals surface area contributed by atoms with Crippen LogP contribution in [-0.2, 0) is 11.3 Å². The van der Waals surface area contributed by atoms with Crippen LogP contribution in [0.5, 0.6) is 0 Å². The normalized spacial score (nSPS) is 16.3. The Morgan fingerprint density at radius 1 is 1.26 bits per heavy atom. The van der Waals surface area contributed by atoms with Gasteiger partial charge in [0.25, 0.3) is 0 Å². The van der Waals surface area contributed by atoms with Gasteiger partial charge in [-0.2, -0.15) is 0 Å². The molecule has 3 N–H and O–H groups in total. The van der Waals surface area contributed by atoms with E-state index in [0.29, 0.717) is 12.5 Å². The van der Waals surface area contributed by atoms with Gasteiger partial charge in [-0.25, -0.2) is 4.99 Å². The fraction of sp³-hybridized carbons (Fsp3) is 0.588. The van der Waals surface area contributed by atoms with E-state index in [0.717, 1.165) is 51.4 Å². The van der Waals surface area contributed by atoms with Crippen LogP contribution in [0.4, 0.5) is 5.69 Å². The van der Waals surface area contributed by atoms with Gasteiger partial charge in [0.1, 0.15) is 0 Å². The quantitative estimate of drug-likeness (QED) is 0.444. The third kappa shape index (κ3) is 6.46. The topological polar surface area (TPSA) is 66.1 Å². The Kier molecular flexibility index (Phi) is 7.16. The molecule has 0 amide bonds. The number of morpholine rings is 1. The first-order chi connectivity index (χ1) is 11.1. The van der Waals surface area contributed by atoms with Gasteiger partial charge in [-0.3, -0.25) is 4.90 Å². The molecule has 1 saturated heterocycles. The lowest BCUT2D eigenvalue weighted by molar-refractivity contribution is 0.0376. The molecule has 1 aromatic carbocycles. The summed E-state index contributed by atoms with van der Waals surface area (Å²) < 4.78 is 5.34. The second kappa shape index (κ2) is 9.37. The summed E-state index contributed by atoms with van der Waals surface area (Å²) in [6.07, 6.45) is 1.06. The van der Waals surface area contributed by atoms with E-state index in [1.165, 1.54) is 5.69 Å². The minimum atomic E-state index is 0.517. The number of hydrogen-bond donors (Lipinski definition) is 2. The molecule has 6 nitrogen and oxygen atoms in total. The van der Waals surface area contributed by atoms with Gasteiger partial charge in [0.05, 0.1) is 19.8 Å². The molecule has 2 rings (SSSR count). The zero-order valence-electron chi connectivity index (χ0n) is 14.3. The van der Waals surface area contributed by atoms with Crippen LogP contribution >= 0.6 is 0 Å². The molecule has 0 spiro atoms. The van der Waals surface area contributed by atoms with Gasteiger partial charge in [-0.1, -0.05) is 12.1 Å². The molecular weight excluding hydrogens is 290 g/mol. The van der Waals surface area contributed by atoms with Crippen molar-refractivity contribution in [3.8, 4) is 0 Å². The number of nitrogens with zero attached hydrogens (tertiary/aromatic N) is 3. The van der Waals surface area contributed by atoms with Crippen molar-refractivity contribution < 1.29 is 4.74 Å². The van der Waals surface area contributed by atoms with Crippen LogP contribution < -0.4 is 16.0 Å². The summed E-state index contributed by atoms with van der Waals surface area (Å²) >= 11 is 0. The average Bonchev–Trinajstić information content (AvgIpc) is 2.58. The van der Waals surface area contributed by atoms with Crippen molar-refractivity contribution in [3.05, 3.63) is 29.8 Å². The average molecular weight is 319 g/mol. The van der Waals surface area contributed by atoms with Gasteiger partial charge in [0.15, 0.2) is 5.96 Å². The van der Waals surface area contributed by atoms with E-state index in [4.69, 9.17) is 10.5 Å². The molecule has 1 fully saturated rings. The molecule has 0 saturated carbocycles. The third-order valence-corrected chi connectivity index (χ3v) is 3.95. The maximum absolute atomic E-state index is 5.92. The van der Waals surface area contributed by atoms with Crippen molar-refractivity contribution in [2.45, 2.75) is 13.0 Å². The highest BCUT2D eigenvalue weighted by atomic mass is 16.5. The van der Waals surface area contributed by atoms with Crippen molar-refractivity contribution in [1.82, 2.24) is 10.2 Å². The lowest BCUT2D eigenvalue weighted by atomic mass is 10.2. The Bertz CT molecular complexity index is 480. The smallest absolute Gasteiger partial charge is 0.188 e. The first kappa shape index (κ1) is 17.6. The highest BCUT2D eigenvalue weighted by Crippen LogP contribution is 2.12. The maximum atomic E-state index is 5.92. The molecule has 0 unspecified atom stereocenters. The number of hydrogen-bond acceptors (Lipinski definition) is 4. The van der Waals surface area contributed by atoms with Gasteiger partial charge in [0.2, 0.25) is 0 Å². The predicted octanol–water partition coefficient (Wildman–Crippen LogP) is 0.879. The molecule has 6 heteroatoms. The minimum absolute atomic E-state index is 0.517. The number of benzene rings is 1. The standard InChI is InChI=1S/C17H29N5O/c1-21(2)16-6-4-15(5-7-16)14-20-17(18)19-8-3-9-22-10-12-23-13-11-22/h4-7H,3,8-14H2,1-2H3,(H3,18,19,20). The highest BCUT2D eigenvalue weighted by molar-refractivity contribution is 5.77. The highest BCUT2D eigenvalue weighted by Gasteiger charge is 2.08. The number of guanidine groups is 1. The summed E-state index contributed by atoms with van der Waals surface area (Å²) in [5.74, 6) is 0.517. The summed E-state index contributed by atoms with van der Waals surface area (Å²) in [5.41, 5.74) is 8.26. The lowest BCUT2D eigenvalue weighted by Gasteiger charge is -2.26. The first-order valence-electron chi connectivity index (χ1n) is 8.25. The summed E-state index contributed by atoms with van der Waals surface area (Å²) in [5, 5.41) is 3.18. The molecule has 0 aliphatic carbocycles. The molecule has 0 radical (unpaired) electrons. The van der Waals surface area contributed by atoms with Gasteiger partial charge >= 0.3 is 0 Å². The fourth-order valence-corrected chi connectivity index (χ4v) is 2.48. The van der Waals surface area contributed by atoms with E-state index in [2.05, 4.69) is 44.4 Å². The zero-order valence-corrected chi connectivity index (χ0v) is 14.3. The van der Waals surface area contributed by atoms with Crippen LogP contribution in [0, 0.1) is 0 Å². The summed E-state index contributed by atoms with van der Waals surface area (Å²) in [4.78, 5) is 8.89. The Labute approximate surface area is 139 Å². The molecule has 1 aliphatic heterocycles. The molecule has 1 aromatic rings. The largest absolute Gasteiger partial charge is 0.379 e. The van der Waals surface area contributed by atoms with Crippen LogP contribution in [0.25, 0.3) is 0 Å². The van der Waals surface area contributed by atoms with E-state index in [-0.39, 0.29) is 0 Å². The van der Waals surface area contributed by atoms with Crippen molar-refractivity contribution in [1.29, 1.82) is 0 Å². The molecule has 23 heavy (non-hydrogen) atoms. The number of nitrogens with two attached hydrogens (primary N) is 1. The van der Waals surface area contributed by atoms with Crippen LogP contribution in [0.3, 0.4) is 0 Å². The van der Waals surface area contributed by atoms with E-state index >= 15 is 0 Å². The lowest BCUT2D eigenvalue weighted by Crippen LogP contribution is -2.39. The second-order valence-corrected chi connectivity index (χ2v) is 6.00. The Morgan fingerprint density at radius 3 is 2.61 bits per heavy atom. The number of nitrogens with one attached hydrogen (secondary N) is 1. The maximum Gasteiger partial charge on any atom is 0.188 e. The van der Waals surface area contributed by atoms with Gasteiger partial charge in [0, 0.05) is 39.4 Å². The Hall–Kier alpha value is -1.79. The second-order valence-electron chi connectivity index (χ2n) is 6.00. The SMILES string of the molecule is CN(C)c1ccc(CN=C(N)NCCCN2CCOCC2)cc1. The Balaban J connectivity index is 1.64. The van der Waals surface area contributed by atoms with E-state index in [1.54, 1.807) is 0 Å². The number of rotatable bonds is 7. The van der Waals surface area contributed by atoms with E-state index in [9.17, 15) is 0 Å². The molecular formula is C17H29N5O. The van der Waals surface area contributed by atoms with Crippen molar-refractivity contribution in [2.24, 2.45) is 10.7 Å². The van der Waals surface area contributed by atoms with Gasteiger partial charge in [-0.05, 0) is 30.7 Å². The number of ether oxygens (including phenoxy) is 1. The van der Waals surface area contributed by atoms with Crippen LogP contribution in [0.1, 0.15) is 12.0 Å². The minimum Gasteiger partial charge on any atom is -0.379 e. The molecule has 0 atom stereocenters.